The topological polar surface area (TPSA) is 69.6 Å². The molecular weight excluding hydrogens is 208 g/mol. The second-order valence-corrected chi connectivity index (χ2v) is 4.16. The van der Waals surface area contributed by atoms with Crippen LogP contribution in [-0.4, -0.2) is 41.6 Å². The van der Waals surface area contributed by atoms with Crippen molar-refractivity contribution in [2.24, 2.45) is 5.92 Å². The minimum absolute atomic E-state index is 0.0131. The lowest BCUT2D eigenvalue weighted by Gasteiger charge is -2.19. The zero-order valence-corrected chi connectivity index (χ0v) is 9.48. The van der Waals surface area contributed by atoms with Crippen molar-refractivity contribution in [1.82, 2.24) is 10.2 Å². The molecule has 0 aromatic rings. The van der Waals surface area contributed by atoms with E-state index in [-0.39, 0.29) is 18.0 Å². The molecule has 0 heterocycles. The number of hydrogen-bond donors (Lipinski definition) is 2. The maximum Gasteiger partial charge on any atom is 0.317 e. The van der Waals surface area contributed by atoms with Crippen LogP contribution < -0.4 is 5.32 Å². The molecule has 90 valence electrons. The Labute approximate surface area is 95.1 Å². The highest BCUT2D eigenvalue weighted by atomic mass is 16.4. The summed E-state index contributed by atoms with van der Waals surface area (Å²) in [4.78, 5) is 23.8. The number of carbonyl (C=O) groups is 2. The molecule has 1 aliphatic rings. The average Bonchev–Trinajstić information content (AvgIpc) is 2.66. The molecule has 0 bridgehead atoms. The highest BCUT2D eigenvalue weighted by Crippen LogP contribution is 2.25. The second kappa shape index (κ2) is 5.53. The molecule has 0 radical (unpaired) electrons. The van der Waals surface area contributed by atoms with Crippen LogP contribution in [0, 0.1) is 5.92 Å². The summed E-state index contributed by atoms with van der Waals surface area (Å²) in [7, 11) is 1.68. The number of urea groups is 1. The molecule has 5 heteroatoms. The molecular formula is C11H18N2O3. The zero-order chi connectivity index (χ0) is 12.1. The highest BCUT2D eigenvalue weighted by Gasteiger charge is 2.30. The Bertz CT molecular complexity index is 291. The summed E-state index contributed by atoms with van der Waals surface area (Å²) in [5.41, 5.74) is 0. The van der Waals surface area contributed by atoms with Gasteiger partial charge in [0.25, 0.3) is 0 Å². The Morgan fingerprint density at radius 2 is 2.25 bits per heavy atom. The Morgan fingerprint density at radius 1 is 1.56 bits per heavy atom. The van der Waals surface area contributed by atoms with Gasteiger partial charge in [0.15, 0.2) is 0 Å². The number of likely N-dealkylation sites (N-methyl/N-ethyl adjacent to an activating group) is 1. The van der Waals surface area contributed by atoms with Gasteiger partial charge in [-0.25, -0.2) is 4.79 Å². The highest BCUT2D eigenvalue weighted by molar-refractivity contribution is 5.75. The van der Waals surface area contributed by atoms with E-state index in [1.807, 2.05) is 0 Å². The minimum Gasteiger partial charge on any atom is -0.481 e. The molecule has 0 spiro atoms. The molecule has 1 fully saturated rings. The van der Waals surface area contributed by atoms with E-state index in [0.29, 0.717) is 19.4 Å². The molecule has 5 nitrogen and oxygen atoms in total. The summed E-state index contributed by atoms with van der Waals surface area (Å²) >= 11 is 0. The molecule has 0 unspecified atom stereocenters. The maximum absolute atomic E-state index is 11.6. The number of rotatable bonds is 4. The molecule has 0 aliphatic heterocycles. The normalized spacial score (nSPS) is 23.8. The molecule has 0 aromatic heterocycles. The number of hydrogen-bond acceptors (Lipinski definition) is 2. The van der Waals surface area contributed by atoms with Crippen molar-refractivity contribution in [2.45, 2.75) is 25.3 Å². The first-order valence-corrected chi connectivity index (χ1v) is 5.40. The lowest BCUT2D eigenvalue weighted by atomic mass is 10.1. The predicted octanol–water partition coefficient (Wildman–Crippen LogP) is 1.07. The molecule has 16 heavy (non-hydrogen) atoms. The van der Waals surface area contributed by atoms with Gasteiger partial charge in [0.1, 0.15) is 0 Å². The lowest BCUT2D eigenvalue weighted by Crippen LogP contribution is -2.42. The number of aliphatic carboxylic acids is 1. The van der Waals surface area contributed by atoms with Crippen LogP contribution in [0.2, 0.25) is 0 Å². The van der Waals surface area contributed by atoms with Gasteiger partial charge >= 0.3 is 12.0 Å². The predicted molar refractivity (Wildman–Crippen MR) is 60.1 cm³/mol. The first-order valence-electron chi connectivity index (χ1n) is 5.40. The van der Waals surface area contributed by atoms with E-state index in [9.17, 15) is 9.59 Å². The van der Waals surface area contributed by atoms with Crippen molar-refractivity contribution in [3.05, 3.63) is 12.7 Å². The van der Waals surface area contributed by atoms with Crippen LogP contribution in [-0.2, 0) is 4.79 Å². The fourth-order valence-corrected chi connectivity index (χ4v) is 1.90. The van der Waals surface area contributed by atoms with Gasteiger partial charge in [-0.05, 0) is 19.3 Å². The van der Waals surface area contributed by atoms with E-state index in [2.05, 4.69) is 11.9 Å². The molecule has 2 N–H and O–H groups in total. The van der Waals surface area contributed by atoms with Crippen molar-refractivity contribution < 1.29 is 14.7 Å². The standard InChI is InChI=1S/C11H18N2O3/c1-3-6-13(2)11(16)12-9-5-4-8(7-9)10(14)15/h3,8-9H,1,4-7H2,2H3,(H,12,16)(H,14,15)/t8-,9+/m1/s1. The van der Waals surface area contributed by atoms with Gasteiger partial charge < -0.3 is 15.3 Å². The summed E-state index contributed by atoms with van der Waals surface area (Å²) in [5, 5.41) is 11.6. The van der Waals surface area contributed by atoms with Crippen LogP contribution in [0.4, 0.5) is 4.79 Å². The number of nitrogens with zero attached hydrogens (tertiary/aromatic N) is 1. The van der Waals surface area contributed by atoms with Crippen molar-refractivity contribution >= 4 is 12.0 Å². The first kappa shape index (κ1) is 12.5. The quantitative estimate of drug-likeness (QED) is 0.704. The number of carboxylic acids is 1. The van der Waals surface area contributed by atoms with Crippen LogP contribution in [0.3, 0.4) is 0 Å². The Balaban J connectivity index is 2.36. The molecule has 0 saturated heterocycles. The van der Waals surface area contributed by atoms with E-state index >= 15 is 0 Å². The number of nitrogens with one attached hydrogen (secondary N) is 1. The smallest absolute Gasteiger partial charge is 0.317 e. The maximum atomic E-state index is 11.6. The van der Waals surface area contributed by atoms with Gasteiger partial charge in [-0.3, -0.25) is 4.79 Å². The second-order valence-electron chi connectivity index (χ2n) is 4.16. The number of carbonyl (C=O) groups excluding carboxylic acids is 1. The third kappa shape index (κ3) is 3.25. The Hall–Kier alpha value is -1.52. The summed E-state index contributed by atoms with van der Waals surface area (Å²) < 4.78 is 0. The van der Waals surface area contributed by atoms with Crippen LogP contribution in [0.5, 0.6) is 0 Å². The fourth-order valence-electron chi connectivity index (χ4n) is 1.90. The van der Waals surface area contributed by atoms with Gasteiger partial charge in [-0.1, -0.05) is 6.08 Å². The summed E-state index contributed by atoms with van der Waals surface area (Å²) in [6.45, 7) is 4.04. The summed E-state index contributed by atoms with van der Waals surface area (Å²) in [5.74, 6) is -1.08. The average molecular weight is 226 g/mol. The monoisotopic (exact) mass is 226 g/mol. The van der Waals surface area contributed by atoms with E-state index in [4.69, 9.17) is 5.11 Å². The van der Waals surface area contributed by atoms with Crippen molar-refractivity contribution in [3.8, 4) is 0 Å². The van der Waals surface area contributed by atoms with E-state index < -0.39 is 5.97 Å². The van der Waals surface area contributed by atoms with Gasteiger partial charge in [-0.15, -0.1) is 6.58 Å². The van der Waals surface area contributed by atoms with Crippen molar-refractivity contribution in [2.75, 3.05) is 13.6 Å². The molecule has 0 aromatic carbocycles. The van der Waals surface area contributed by atoms with E-state index in [1.54, 1.807) is 13.1 Å². The lowest BCUT2D eigenvalue weighted by molar-refractivity contribution is -0.141. The van der Waals surface area contributed by atoms with Crippen molar-refractivity contribution in [3.63, 3.8) is 0 Å². The fraction of sp³-hybridized carbons (Fsp3) is 0.636. The first-order chi connectivity index (χ1) is 7.54. The third-order valence-corrected chi connectivity index (χ3v) is 2.86. The van der Waals surface area contributed by atoms with Crippen molar-refractivity contribution in [1.29, 1.82) is 0 Å². The SMILES string of the molecule is C=CCN(C)C(=O)N[C@H]1CC[C@@H](C(=O)O)C1. The molecule has 1 saturated carbocycles. The largest absolute Gasteiger partial charge is 0.481 e. The summed E-state index contributed by atoms with van der Waals surface area (Å²) in [6, 6.07) is -0.184. The van der Waals surface area contributed by atoms with Crippen LogP contribution in [0.1, 0.15) is 19.3 Å². The molecule has 2 amide bonds. The van der Waals surface area contributed by atoms with E-state index in [0.717, 1.165) is 6.42 Å². The van der Waals surface area contributed by atoms with Crippen LogP contribution in [0.15, 0.2) is 12.7 Å². The Morgan fingerprint density at radius 3 is 2.75 bits per heavy atom. The third-order valence-electron chi connectivity index (χ3n) is 2.86. The van der Waals surface area contributed by atoms with Gasteiger partial charge in [0.05, 0.1) is 5.92 Å². The van der Waals surface area contributed by atoms with Gasteiger partial charge in [-0.2, -0.15) is 0 Å². The van der Waals surface area contributed by atoms with Gasteiger partial charge in [0, 0.05) is 19.6 Å². The zero-order valence-electron chi connectivity index (χ0n) is 9.48. The Kier molecular flexibility index (Phi) is 4.34. The van der Waals surface area contributed by atoms with Gasteiger partial charge in [0.2, 0.25) is 0 Å². The number of carboxylic acid groups (broad SMARTS) is 1. The molecule has 1 aliphatic carbocycles. The number of amides is 2. The van der Waals surface area contributed by atoms with Crippen LogP contribution >= 0.6 is 0 Å². The van der Waals surface area contributed by atoms with Crippen LogP contribution in [0.25, 0.3) is 0 Å². The summed E-state index contributed by atoms with van der Waals surface area (Å²) in [6.07, 6.45) is 3.56. The van der Waals surface area contributed by atoms with E-state index in [1.165, 1.54) is 4.90 Å². The minimum atomic E-state index is -0.767. The molecule has 1 rings (SSSR count). The molecule has 2 atom stereocenters.